The van der Waals surface area contributed by atoms with E-state index < -0.39 is 6.00 Å². The molecule has 0 aromatic rings. The molecule has 0 unspecified atom stereocenters. The van der Waals surface area contributed by atoms with Gasteiger partial charge in [-0.3, -0.25) is 0 Å². The molecule has 0 aromatic carbocycles. The van der Waals surface area contributed by atoms with Crippen molar-refractivity contribution in [2.24, 2.45) is 0 Å². The highest BCUT2D eigenvalue weighted by atomic mass is 16.6. The second-order valence-electron chi connectivity index (χ2n) is 5.09. The molecule has 1 rings (SSSR count). The minimum Gasteiger partial charge on any atom is -0.377 e. The van der Waals surface area contributed by atoms with Crippen molar-refractivity contribution in [2.75, 3.05) is 13.2 Å². The van der Waals surface area contributed by atoms with Gasteiger partial charge in [0.2, 0.25) is 0 Å². The second-order valence-corrected chi connectivity index (χ2v) is 5.09. The molecule has 0 amide bonds. The molecule has 4 nitrogen and oxygen atoms in total. The number of ether oxygens (including phenoxy) is 4. The third-order valence-corrected chi connectivity index (χ3v) is 2.73. The van der Waals surface area contributed by atoms with E-state index in [0.717, 1.165) is 0 Å². The van der Waals surface area contributed by atoms with E-state index in [1.165, 1.54) is 0 Å². The van der Waals surface area contributed by atoms with Gasteiger partial charge in [0.1, 0.15) is 26.2 Å². The van der Waals surface area contributed by atoms with Crippen LogP contribution < -0.4 is 0 Å². The quantitative estimate of drug-likeness (QED) is 0.647. The van der Waals surface area contributed by atoms with Crippen molar-refractivity contribution in [1.29, 1.82) is 0 Å². The Hall–Kier alpha value is -0.0951. The molecular weight excluding hydrogens is 231 g/mol. The van der Waals surface area contributed by atoms with Gasteiger partial charge in [0.25, 0.3) is 0 Å². The Kier molecular flexibility index (Phi) is 6.64. The summed E-state index contributed by atoms with van der Waals surface area (Å²) in [4.78, 5) is 0. The fourth-order valence-corrected chi connectivity index (χ4v) is 2.04. The van der Waals surface area contributed by atoms with Crippen molar-refractivity contribution in [1.82, 2.24) is 0 Å². The molecule has 1 heterocycles. The molecule has 0 aromatic heterocycles. The van der Waals surface area contributed by atoms with E-state index in [1.807, 2.05) is 34.6 Å². The first-order valence-corrected chi connectivity index (χ1v) is 6.75. The Morgan fingerprint density at radius 1 is 1.11 bits per heavy atom. The Morgan fingerprint density at radius 3 is 2.28 bits per heavy atom. The maximum Gasteiger partial charge on any atom is 0.114 e. The summed E-state index contributed by atoms with van der Waals surface area (Å²) in [5.41, 5.74) is 0. The lowest BCUT2D eigenvalue weighted by Crippen LogP contribution is -2.40. The Morgan fingerprint density at radius 2 is 1.78 bits per heavy atom. The molecule has 5 heteroatoms. The fourth-order valence-electron chi connectivity index (χ4n) is 2.04. The summed E-state index contributed by atoms with van der Waals surface area (Å²) in [6, 6.07) is -0.454. The van der Waals surface area contributed by atoms with Crippen LogP contribution in [0.4, 0.5) is 0 Å². The molecule has 0 aliphatic carbocycles. The first kappa shape index (κ1) is 16.0. The van der Waals surface area contributed by atoms with Crippen molar-refractivity contribution >= 4 is 7.85 Å². The molecule has 1 aliphatic rings. The first-order valence-electron chi connectivity index (χ1n) is 6.75. The molecule has 2 radical (unpaired) electrons. The van der Waals surface area contributed by atoms with Crippen LogP contribution in [0.2, 0.25) is 0 Å². The highest BCUT2D eigenvalue weighted by Crippen LogP contribution is 2.26. The maximum atomic E-state index is 5.96. The molecular formula is C13H25BO4. The first-order chi connectivity index (χ1) is 8.45. The third-order valence-electron chi connectivity index (χ3n) is 2.73. The van der Waals surface area contributed by atoms with Gasteiger partial charge in [0.05, 0.1) is 18.8 Å². The lowest BCUT2D eigenvalue weighted by atomic mass is 9.92. The Bertz CT molecular complexity index is 235. The molecule has 0 spiro atoms. The summed E-state index contributed by atoms with van der Waals surface area (Å²) in [7, 11) is 5.96. The van der Waals surface area contributed by atoms with E-state index in [0.29, 0.717) is 13.2 Å². The highest BCUT2D eigenvalue weighted by molar-refractivity contribution is 6.11. The van der Waals surface area contributed by atoms with Crippen LogP contribution in [-0.4, -0.2) is 57.6 Å². The van der Waals surface area contributed by atoms with E-state index in [9.17, 15) is 0 Å². The standard InChI is InChI=1S/C13H25BO4/c1-6-15-11-10(7-16-8(2)3)18-13(14)12(11)17-9(4)5/h8-13H,6-7H2,1-5H3/t10-,11+,12+,13-/m1/s1. The normalized spacial score (nSPS) is 32.6. The van der Waals surface area contributed by atoms with Gasteiger partial charge < -0.3 is 18.9 Å². The molecule has 0 bridgehead atoms. The average molecular weight is 256 g/mol. The van der Waals surface area contributed by atoms with E-state index in [4.69, 9.17) is 26.8 Å². The van der Waals surface area contributed by atoms with Gasteiger partial charge in [0.15, 0.2) is 0 Å². The molecule has 4 atom stereocenters. The van der Waals surface area contributed by atoms with E-state index in [-0.39, 0.29) is 30.5 Å². The zero-order valence-electron chi connectivity index (χ0n) is 12.1. The summed E-state index contributed by atoms with van der Waals surface area (Å²) in [5.74, 6) is 0. The summed E-state index contributed by atoms with van der Waals surface area (Å²) in [6.07, 6.45) is -0.294. The van der Waals surface area contributed by atoms with Gasteiger partial charge in [-0.05, 0) is 34.6 Å². The van der Waals surface area contributed by atoms with Crippen molar-refractivity contribution in [3.05, 3.63) is 0 Å². The van der Waals surface area contributed by atoms with Crippen molar-refractivity contribution in [2.45, 2.75) is 71.1 Å². The SMILES string of the molecule is [B][C@@H]1O[C@H](COC(C)C)[C@H](OCC)[C@@H]1OC(C)C. The molecule has 104 valence electrons. The minimum atomic E-state index is -0.454. The third kappa shape index (κ3) is 4.54. The van der Waals surface area contributed by atoms with Crippen LogP contribution in [-0.2, 0) is 18.9 Å². The van der Waals surface area contributed by atoms with Gasteiger partial charge >= 0.3 is 0 Å². The minimum absolute atomic E-state index is 0.0948. The Labute approximate surface area is 112 Å². The number of rotatable bonds is 7. The smallest absolute Gasteiger partial charge is 0.114 e. The maximum absolute atomic E-state index is 5.96. The van der Waals surface area contributed by atoms with Crippen LogP contribution >= 0.6 is 0 Å². The summed E-state index contributed by atoms with van der Waals surface area (Å²) in [5, 5.41) is 0. The van der Waals surface area contributed by atoms with Gasteiger partial charge in [-0.15, -0.1) is 0 Å². The average Bonchev–Trinajstić information content (AvgIpc) is 2.54. The molecule has 1 saturated heterocycles. The van der Waals surface area contributed by atoms with Gasteiger partial charge in [-0.25, -0.2) is 0 Å². The van der Waals surface area contributed by atoms with Crippen molar-refractivity contribution < 1.29 is 18.9 Å². The molecule has 18 heavy (non-hydrogen) atoms. The molecule has 0 saturated carbocycles. The van der Waals surface area contributed by atoms with E-state index in [2.05, 4.69) is 0 Å². The monoisotopic (exact) mass is 256 g/mol. The van der Waals surface area contributed by atoms with Crippen LogP contribution in [0.3, 0.4) is 0 Å². The molecule has 0 N–H and O–H groups in total. The predicted molar refractivity (Wildman–Crippen MR) is 70.9 cm³/mol. The molecule has 1 fully saturated rings. The summed E-state index contributed by atoms with van der Waals surface area (Å²) < 4.78 is 22.8. The summed E-state index contributed by atoms with van der Waals surface area (Å²) in [6.45, 7) is 11.0. The Balaban J connectivity index is 2.61. The van der Waals surface area contributed by atoms with Crippen molar-refractivity contribution in [3.8, 4) is 0 Å². The zero-order valence-corrected chi connectivity index (χ0v) is 12.1. The van der Waals surface area contributed by atoms with Gasteiger partial charge in [-0.1, -0.05) is 0 Å². The van der Waals surface area contributed by atoms with Gasteiger partial charge in [-0.2, -0.15) is 0 Å². The van der Waals surface area contributed by atoms with Crippen LogP contribution in [0.5, 0.6) is 0 Å². The number of hydrogen-bond acceptors (Lipinski definition) is 4. The number of hydrogen-bond donors (Lipinski definition) is 0. The zero-order chi connectivity index (χ0) is 13.7. The second kappa shape index (κ2) is 7.48. The van der Waals surface area contributed by atoms with Crippen LogP contribution in [0.1, 0.15) is 34.6 Å². The topological polar surface area (TPSA) is 36.9 Å². The van der Waals surface area contributed by atoms with E-state index >= 15 is 0 Å². The van der Waals surface area contributed by atoms with Crippen LogP contribution in [0.15, 0.2) is 0 Å². The fraction of sp³-hybridized carbons (Fsp3) is 1.00. The van der Waals surface area contributed by atoms with Gasteiger partial charge in [0, 0.05) is 12.6 Å². The van der Waals surface area contributed by atoms with E-state index in [1.54, 1.807) is 0 Å². The largest absolute Gasteiger partial charge is 0.377 e. The van der Waals surface area contributed by atoms with Crippen LogP contribution in [0, 0.1) is 0 Å². The van der Waals surface area contributed by atoms with Crippen LogP contribution in [0.25, 0.3) is 0 Å². The predicted octanol–water partition coefficient (Wildman–Crippen LogP) is 1.50. The van der Waals surface area contributed by atoms with Crippen molar-refractivity contribution in [3.63, 3.8) is 0 Å². The summed E-state index contributed by atoms with van der Waals surface area (Å²) >= 11 is 0. The highest BCUT2D eigenvalue weighted by Gasteiger charge is 2.43. The lowest BCUT2D eigenvalue weighted by Gasteiger charge is -2.25. The lowest BCUT2D eigenvalue weighted by molar-refractivity contribution is -0.0917. The molecule has 1 aliphatic heterocycles.